The molecule has 0 atom stereocenters. The van der Waals surface area contributed by atoms with Crippen LogP contribution in [0.25, 0.3) is 11.0 Å². The highest BCUT2D eigenvalue weighted by Crippen LogP contribution is 2.21. The zero-order valence-electron chi connectivity index (χ0n) is 10.4. The molecule has 0 saturated heterocycles. The van der Waals surface area contributed by atoms with Gasteiger partial charge >= 0.3 is 0 Å². The van der Waals surface area contributed by atoms with Crippen LogP contribution in [0.1, 0.15) is 12.2 Å². The minimum Gasteiger partial charge on any atom is -0.396 e. The first-order chi connectivity index (χ1) is 8.76. The van der Waals surface area contributed by atoms with Crippen LogP contribution < -0.4 is 0 Å². The van der Waals surface area contributed by atoms with Gasteiger partial charge in [0.15, 0.2) is 0 Å². The van der Waals surface area contributed by atoms with Gasteiger partial charge in [-0.2, -0.15) is 0 Å². The molecule has 0 aliphatic heterocycles. The monoisotopic (exact) mass is 268 g/mol. The number of rotatable bonds is 6. The third-order valence-corrected chi connectivity index (χ3v) is 3.10. The summed E-state index contributed by atoms with van der Waals surface area (Å²) in [4.78, 5) is 4.58. The Hall–Kier alpha value is -1.10. The number of nitrogens with zero attached hydrogens (tertiary/aromatic N) is 2. The molecule has 0 unspecified atom stereocenters. The lowest BCUT2D eigenvalue weighted by Crippen LogP contribution is -2.08. The van der Waals surface area contributed by atoms with E-state index in [1.165, 1.54) is 0 Å². The van der Waals surface area contributed by atoms with Crippen molar-refractivity contribution in [3.05, 3.63) is 29.0 Å². The van der Waals surface area contributed by atoms with Crippen LogP contribution in [0.5, 0.6) is 0 Å². The van der Waals surface area contributed by atoms with E-state index in [1.54, 1.807) is 7.11 Å². The van der Waals surface area contributed by atoms with Gasteiger partial charge in [0.25, 0.3) is 0 Å². The van der Waals surface area contributed by atoms with E-state index >= 15 is 0 Å². The van der Waals surface area contributed by atoms with Gasteiger partial charge in [-0.3, -0.25) is 0 Å². The molecule has 0 fully saturated rings. The topological polar surface area (TPSA) is 47.3 Å². The number of benzene rings is 1. The summed E-state index contributed by atoms with van der Waals surface area (Å²) >= 11 is 5.98. The molecule has 1 aromatic heterocycles. The standard InChI is InChI=1S/C13H17ClN2O2/c1-18-8-6-16-12-5-4-10(14)9-11(12)15-13(16)3-2-7-17/h4-5,9,17H,2-3,6-8H2,1H3. The summed E-state index contributed by atoms with van der Waals surface area (Å²) in [5, 5.41) is 9.62. The van der Waals surface area contributed by atoms with Gasteiger partial charge in [0, 0.05) is 31.7 Å². The maximum absolute atomic E-state index is 8.93. The van der Waals surface area contributed by atoms with Crippen LogP contribution in [0.3, 0.4) is 0 Å². The first-order valence-electron chi connectivity index (χ1n) is 6.00. The van der Waals surface area contributed by atoms with Crippen LogP contribution in [0.4, 0.5) is 0 Å². The molecule has 0 amide bonds. The van der Waals surface area contributed by atoms with Crippen LogP contribution in [0.2, 0.25) is 5.02 Å². The maximum atomic E-state index is 8.93. The largest absolute Gasteiger partial charge is 0.396 e. The van der Waals surface area contributed by atoms with Crippen molar-refractivity contribution in [1.29, 1.82) is 0 Å². The maximum Gasteiger partial charge on any atom is 0.110 e. The summed E-state index contributed by atoms with van der Waals surface area (Å²) < 4.78 is 7.25. The lowest BCUT2D eigenvalue weighted by molar-refractivity contribution is 0.187. The van der Waals surface area contributed by atoms with Gasteiger partial charge in [-0.1, -0.05) is 11.6 Å². The Balaban J connectivity index is 2.39. The first-order valence-corrected chi connectivity index (χ1v) is 6.38. The molecule has 5 heteroatoms. The highest BCUT2D eigenvalue weighted by molar-refractivity contribution is 6.31. The molecular weight excluding hydrogens is 252 g/mol. The number of methoxy groups -OCH3 is 1. The van der Waals surface area contributed by atoms with E-state index in [1.807, 2.05) is 18.2 Å². The smallest absolute Gasteiger partial charge is 0.110 e. The van der Waals surface area contributed by atoms with Crippen LogP contribution in [0.15, 0.2) is 18.2 Å². The highest BCUT2D eigenvalue weighted by atomic mass is 35.5. The van der Waals surface area contributed by atoms with Gasteiger partial charge in [-0.15, -0.1) is 0 Å². The fourth-order valence-electron chi connectivity index (χ4n) is 2.01. The molecular formula is C13H17ClN2O2. The van der Waals surface area contributed by atoms with E-state index in [0.29, 0.717) is 18.1 Å². The van der Waals surface area contributed by atoms with Gasteiger partial charge in [-0.05, 0) is 24.6 Å². The van der Waals surface area contributed by atoms with Gasteiger partial charge < -0.3 is 14.4 Å². The van der Waals surface area contributed by atoms with E-state index in [4.69, 9.17) is 21.4 Å². The van der Waals surface area contributed by atoms with E-state index in [2.05, 4.69) is 9.55 Å². The lowest BCUT2D eigenvalue weighted by atomic mass is 10.3. The van der Waals surface area contributed by atoms with Gasteiger partial charge in [0.05, 0.1) is 17.6 Å². The number of hydrogen-bond acceptors (Lipinski definition) is 3. The predicted octanol–water partition coefficient (Wildman–Crippen LogP) is 2.26. The second kappa shape index (κ2) is 6.18. The van der Waals surface area contributed by atoms with Crippen molar-refractivity contribution in [1.82, 2.24) is 9.55 Å². The molecule has 0 bridgehead atoms. The molecule has 18 heavy (non-hydrogen) atoms. The van der Waals surface area contributed by atoms with Crippen molar-refractivity contribution in [2.75, 3.05) is 20.3 Å². The minimum atomic E-state index is 0.175. The fraction of sp³-hybridized carbons (Fsp3) is 0.462. The summed E-state index contributed by atoms with van der Waals surface area (Å²) in [5.74, 6) is 0.971. The number of aryl methyl sites for hydroxylation is 1. The molecule has 2 rings (SSSR count). The van der Waals surface area contributed by atoms with Gasteiger partial charge in [0.2, 0.25) is 0 Å². The number of aliphatic hydroxyl groups excluding tert-OH is 1. The van der Waals surface area contributed by atoms with E-state index in [9.17, 15) is 0 Å². The molecule has 98 valence electrons. The van der Waals surface area contributed by atoms with Crippen molar-refractivity contribution in [3.63, 3.8) is 0 Å². The Morgan fingerprint density at radius 2 is 2.28 bits per heavy atom. The van der Waals surface area contributed by atoms with E-state index < -0.39 is 0 Å². The molecule has 0 spiro atoms. The van der Waals surface area contributed by atoms with Crippen molar-refractivity contribution in [3.8, 4) is 0 Å². The lowest BCUT2D eigenvalue weighted by Gasteiger charge is -2.08. The molecule has 0 saturated carbocycles. The Morgan fingerprint density at radius 3 is 3.00 bits per heavy atom. The summed E-state index contributed by atoms with van der Waals surface area (Å²) in [7, 11) is 1.68. The Labute approximate surface area is 111 Å². The molecule has 1 aromatic carbocycles. The van der Waals surface area contributed by atoms with Crippen molar-refractivity contribution in [2.24, 2.45) is 0 Å². The van der Waals surface area contributed by atoms with Gasteiger partial charge in [0.1, 0.15) is 5.82 Å². The van der Waals surface area contributed by atoms with Crippen molar-refractivity contribution in [2.45, 2.75) is 19.4 Å². The number of imidazole rings is 1. The summed E-state index contributed by atoms with van der Waals surface area (Å²) in [6.45, 7) is 1.57. The minimum absolute atomic E-state index is 0.175. The first kappa shape index (κ1) is 13.3. The Morgan fingerprint density at radius 1 is 1.44 bits per heavy atom. The third kappa shape index (κ3) is 2.83. The zero-order chi connectivity index (χ0) is 13.0. The average molecular weight is 269 g/mol. The Bertz CT molecular complexity index is 525. The second-order valence-electron chi connectivity index (χ2n) is 4.13. The van der Waals surface area contributed by atoms with Crippen LogP contribution in [-0.4, -0.2) is 35.0 Å². The van der Waals surface area contributed by atoms with Crippen LogP contribution in [-0.2, 0) is 17.7 Å². The number of halogens is 1. The highest BCUT2D eigenvalue weighted by Gasteiger charge is 2.10. The normalized spacial score (nSPS) is 11.3. The molecule has 1 heterocycles. The molecule has 2 aromatic rings. The number of aromatic nitrogens is 2. The predicted molar refractivity (Wildman–Crippen MR) is 72.0 cm³/mol. The van der Waals surface area contributed by atoms with Crippen LogP contribution in [0, 0.1) is 0 Å². The summed E-state index contributed by atoms with van der Waals surface area (Å²) in [6.07, 6.45) is 1.47. The molecule has 4 nitrogen and oxygen atoms in total. The molecule has 0 aliphatic carbocycles. The average Bonchev–Trinajstić information content (AvgIpc) is 2.70. The fourth-order valence-corrected chi connectivity index (χ4v) is 2.18. The summed E-state index contributed by atoms with van der Waals surface area (Å²) in [5.41, 5.74) is 1.95. The Kier molecular flexibility index (Phi) is 4.58. The number of fused-ring (bicyclic) bond motifs is 1. The quantitative estimate of drug-likeness (QED) is 0.874. The molecule has 0 radical (unpaired) electrons. The molecule has 1 N–H and O–H groups in total. The number of ether oxygens (including phenoxy) is 1. The number of aliphatic hydroxyl groups is 1. The SMILES string of the molecule is COCCn1c(CCCO)nc2cc(Cl)ccc21. The zero-order valence-corrected chi connectivity index (χ0v) is 11.2. The third-order valence-electron chi connectivity index (χ3n) is 2.87. The van der Waals surface area contributed by atoms with Crippen LogP contribution >= 0.6 is 11.6 Å². The number of hydrogen-bond donors (Lipinski definition) is 1. The van der Waals surface area contributed by atoms with Crippen molar-refractivity contribution >= 4 is 22.6 Å². The van der Waals surface area contributed by atoms with Gasteiger partial charge in [-0.25, -0.2) is 4.98 Å². The van der Waals surface area contributed by atoms with E-state index in [-0.39, 0.29) is 6.61 Å². The van der Waals surface area contributed by atoms with Crippen molar-refractivity contribution < 1.29 is 9.84 Å². The summed E-state index contributed by atoms with van der Waals surface area (Å²) in [6, 6.07) is 5.70. The second-order valence-corrected chi connectivity index (χ2v) is 4.57. The van der Waals surface area contributed by atoms with E-state index in [0.717, 1.165) is 29.8 Å². The molecule has 0 aliphatic rings.